The van der Waals surface area contributed by atoms with Gasteiger partial charge in [-0.1, -0.05) is 0 Å². The number of hydrogen-bond donors (Lipinski definition) is 3. The van der Waals surface area contributed by atoms with Crippen molar-refractivity contribution in [2.75, 3.05) is 18.1 Å². The maximum atomic E-state index is 12.8. The molecule has 9 nitrogen and oxygen atoms in total. The van der Waals surface area contributed by atoms with Crippen LogP contribution in [-0.4, -0.2) is 46.7 Å². The number of carbonyl (C=O) groups excluding carboxylic acids is 2. The zero-order chi connectivity index (χ0) is 23.6. The zero-order valence-electron chi connectivity index (χ0n) is 18.6. The van der Waals surface area contributed by atoms with E-state index in [1.165, 1.54) is 0 Å². The smallest absolute Gasteiger partial charge is 0.241 e. The Kier molecular flexibility index (Phi) is 7.88. The van der Waals surface area contributed by atoms with Gasteiger partial charge in [0.2, 0.25) is 21.8 Å². The molecule has 1 saturated heterocycles. The van der Waals surface area contributed by atoms with E-state index in [9.17, 15) is 26.4 Å². The molecule has 1 aromatic rings. The summed E-state index contributed by atoms with van der Waals surface area (Å²) in [7, 11) is -6.88. The van der Waals surface area contributed by atoms with Gasteiger partial charge in [-0.25, -0.2) is 21.6 Å². The number of rotatable bonds is 7. The highest BCUT2D eigenvalue weighted by Gasteiger charge is 2.29. The first-order chi connectivity index (χ1) is 14.2. The lowest BCUT2D eigenvalue weighted by Crippen LogP contribution is -2.43. The largest absolute Gasteiger partial charge is 0.273 e. The third kappa shape index (κ3) is 6.27. The summed E-state index contributed by atoms with van der Waals surface area (Å²) in [6.07, 6.45) is 0.276. The third-order valence-electron chi connectivity index (χ3n) is 5.99. The second kappa shape index (κ2) is 9.66. The van der Waals surface area contributed by atoms with Crippen molar-refractivity contribution in [1.82, 2.24) is 15.6 Å². The first kappa shape index (κ1) is 25.3. The number of sulfonamides is 1. The lowest BCUT2D eigenvalue weighted by atomic mass is 9.95. The molecule has 0 aliphatic carbocycles. The molecule has 31 heavy (non-hydrogen) atoms. The van der Waals surface area contributed by atoms with Crippen LogP contribution in [0, 0.1) is 40.5 Å². The molecule has 2 amide bonds. The SMILES string of the molecule is Cc1c(C)c(C)c(S(=O)(=O)NCCC(=O)NNC(=O)CC2CCS(=O)(=O)C2)c(C)c1C. The predicted molar refractivity (Wildman–Crippen MR) is 118 cm³/mol. The molecule has 1 atom stereocenters. The fourth-order valence-electron chi connectivity index (χ4n) is 3.79. The van der Waals surface area contributed by atoms with Crippen molar-refractivity contribution in [1.29, 1.82) is 0 Å². The molecule has 174 valence electrons. The van der Waals surface area contributed by atoms with E-state index < -0.39 is 31.7 Å². The first-order valence-corrected chi connectivity index (χ1v) is 13.4. The Balaban J connectivity index is 1.86. The Hall–Kier alpha value is -1.98. The summed E-state index contributed by atoms with van der Waals surface area (Å²) in [6.45, 7) is 9.12. The van der Waals surface area contributed by atoms with Crippen LogP contribution in [0.2, 0.25) is 0 Å². The highest BCUT2D eigenvalue weighted by molar-refractivity contribution is 7.91. The molecule has 0 bridgehead atoms. The van der Waals surface area contributed by atoms with Gasteiger partial charge in [0, 0.05) is 19.4 Å². The van der Waals surface area contributed by atoms with E-state index in [0.717, 1.165) is 16.7 Å². The molecular weight excluding hydrogens is 442 g/mol. The van der Waals surface area contributed by atoms with E-state index in [1.54, 1.807) is 13.8 Å². The van der Waals surface area contributed by atoms with E-state index in [2.05, 4.69) is 15.6 Å². The van der Waals surface area contributed by atoms with Crippen LogP contribution >= 0.6 is 0 Å². The van der Waals surface area contributed by atoms with E-state index >= 15 is 0 Å². The summed E-state index contributed by atoms with van der Waals surface area (Å²) >= 11 is 0. The van der Waals surface area contributed by atoms with Gasteiger partial charge in [0.05, 0.1) is 16.4 Å². The molecule has 1 heterocycles. The number of nitrogens with one attached hydrogen (secondary N) is 3. The highest BCUT2D eigenvalue weighted by Crippen LogP contribution is 2.29. The van der Waals surface area contributed by atoms with Crippen molar-refractivity contribution < 1.29 is 26.4 Å². The lowest BCUT2D eigenvalue weighted by Gasteiger charge is -2.19. The van der Waals surface area contributed by atoms with Crippen molar-refractivity contribution in [3.8, 4) is 0 Å². The normalized spacial score (nSPS) is 18.0. The molecule has 1 fully saturated rings. The topological polar surface area (TPSA) is 139 Å². The maximum absolute atomic E-state index is 12.8. The van der Waals surface area contributed by atoms with Gasteiger partial charge in [-0.05, 0) is 74.8 Å². The van der Waals surface area contributed by atoms with Crippen molar-refractivity contribution in [3.63, 3.8) is 0 Å². The summed E-state index contributed by atoms with van der Waals surface area (Å²) < 4.78 is 50.9. The van der Waals surface area contributed by atoms with Crippen LogP contribution in [0.4, 0.5) is 0 Å². The van der Waals surface area contributed by atoms with Crippen LogP contribution in [0.3, 0.4) is 0 Å². The van der Waals surface area contributed by atoms with Crippen molar-refractivity contribution >= 4 is 31.7 Å². The molecule has 0 spiro atoms. The Bertz CT molecular complexity index is 1070. The molecule has 0 saturated carbocycles. The first-order valence-electron chi connectivity index (χ1n) is 10.1. The monoisotopic (exact) mass is 473 g/mol. The fourth-order valence-corrected chi connectivity index (χ4v) is 7.28. The minimum absolute atomic E-state index is 0.0107. The van der Waals surface area contributed by atoms with Gasteiger partial charge in [0.25, 0.3) is 0 Å². The number of benzene rings is 1. The number of amides is 2. The number of carbonyl (C=O) groups is 2. The Morgan fingerprint density at radius 1 is 0.903 bits per heavy atom. The molecular formula is C20H31N3O6S2. The van der Waals surface area contributed by atoms with Gasteiger partial charge < -0.3 is 0 Å². The maximum Gasteiger partial charge on any atom is 0.241 e. The summed E-state index contributed by atoms with van der Waals surface area (Å²) in [4.78, 5) is 24.0. The second-order valence-electron chi connectivity index (χ2n) is 8.17. The standard InChI is InChI=1S/C20H31N3O6S2/c1-12-13(2)15(4)20(16(5)14(12)3)31(28,29)21-8-6-18(24)22-23-19(25)10-17-7-9-30(26,27)11-17/h17,21H,6-11H2,1-5H3,(H,22,24)(H,23,25). The van der Waals surface area contributed by atoms with Gasteiger partial charge in [-0.2, -0.15) is 0 Å². The molecule has 0 aromatic heterocycles. The molecule has 1 unspecified atom stereocenters. The minimum Gasteiger partial charge on any atom is -0.273 e. The lowest BCUT2D eigenvalue weighted by molar-refractivity contribution is -0.129. The fraction of sp³-hybridized carbons (Fsp3) is 0.600. The van der Waals surface area contributed by atoms with Crippen molar-refractivity contribution in [3.05, 3.63) is 27.8 Å². The molecule has 1 aliphatic rings. The minimum atomic E-state index is -3.81. The molecule has 11 heteroatoms. The predicted octanol–water partition coefficient (Wildman–Crippen LogP) is 0.869. The summed E-state index contributed by atoms with van der Waals surface area (Å²) in [5.41, 5.74) is 8.72. The molecule has 3 N–H and O–H groups in total. The highest BCUT2D eigenvalue weighted by atomic mass is 32.2. The van der Waals surface area contributed by atoms with Crippen molar-refractivity contribution in [2.45, 2.75) is 58.8 Å². The van der Waals surface area contributed by atoms with Crippen LogP contribution < -0.4 is 15.6 Å². The van der Waals surface area contributed by atoms with E-state index in [0.29, 0.717) is 17.5 Å². The Morgan fingerprint density at radius 2 is 1.42 bits per heavy atom. The third-order valence-corrected chi connectivity index (χ3v) is 9.56. The van der Waals surface area contributed by atoms with E-state index in [1.807, 2.05) is 20.8 Å². The molecule has 1 aliphatic heterocycles. The Labute approximate surface area is 184 Å². The molecule has 2 rings (SSSR count). The Morgan fingerprint density at radius 3 is 1.94 bits per heavy atom. The number of sulfone groups is 1. The summed E-state index contributed by atoms with van der Waals surface area (Å²) in [5.74, 6) is -1.22. The van der Waals surface area contributed by atoms with Gasteiger partial charge in [0.1, 0.15) is 0 Å². The average Bonchev–Trinajstić information content (AvgIpc) is 3.01. The molecule has 1 aromatic carbocycles. The van der Waals surface area contributed by atoms with E-state index in [4.69, 9.17) is 0 Å². The number of hydrazine groups is 1. The van der Waals surface area contributed by atoms with Crippen LogP contribution in [-0.2, 0) is 29.4 Å². The second-order valence-corrected chi connectivity index (χ2v) is 12.1. The van der Waals surface area contributed by atoms with Crippen molar-refractivity contribution in [2.24, 2.45) is 5.92 Å². The summed E-state index contributed by atoms with van der Waals surface area (Å²) in [5, 5.41) is 0. The van der Waals surface area contributed by atoms with Crippen LogP contribution in [0.15, 0.2) is 4.90 Å². The van der Waals surface area contributed by atoms with Crippen LogP contribution in [0.5, 0.6) is 0 Å². The average molecular weight is 474 g/mol. The summed E-state index contributed by atoms with van der Waals surface area (Å²) in [6, 6.07) is 0. The zero-order valence-corrected chi connectivity index (χ0v) is 20.2. The van der Waals surface area contributed by atoms with Gasteiger partial charge in [0.15, 0.2) is 9.84 Å². The van der Waals surface area contributed by atoms with Crippen LogP contribution in [0.25, 0.3) is 0 Å². The molecule has 0 radical (unpaired) electrons. The van der Waals surface area contributed by atoms with Crippen LogP contribution in [0.1, 0.15) is 47.1 Å². The van der Waals surface area contributed by atoms with Gasteiger partial charge >= 0.3 is 0 Å². The quantitative estimate of drug-likeness (QED) is 0.502. The van der Waals surface area contributed by atoms with Gasteiger partial charge in [-0.3, -0.25) is 20.4 Å². The number of hydrogen-bond acceptors (Lipinski definition) is 6. The van der Waals surface area contributed by atoms with Gasteiger partial charge in [-0.15, -0.1) is 0 Å². The van der Waals surface area contributed by atoms with E-state index in [-0.39, 0.29) is 41.7 Å².